The van der Waals surface area contributed by atoms with Crippen molar-refractivity contribution in [1.82, 2.24) is 14.4 Å². The summed E-state index contributed by atoms with van der Waals surface area (Å²) in [4.78, 5) is 11.9. The zero-order chi connectivity index (χ0) is 14.1. The van der Waals surface area contributed by atoms with Crippen molar-refractivity contribution in [2.75, 3.05) is 26.2 Å². The lowest BCUT2D eigenvalue weighted by Crippen LogP contribution is -2.42. The van der Waals surface area contributed by atoms with Gasteiger partial charge in [-0.3, -0.25) is 14.4 Å². The van der Waals surface area contributed by atoms with Crippen LogP contribution in [0.5, 0.6) is 0 Å². The smallest absolute Gasteiger partial charge is 0.279 e. The van der Waals surface area contributed by atoms with Gasteiger partial charge in [-0.2, -0.15) is 0 Å². The van der Waals surface area contributed by atoms with Crippen LogP contribution >= 0.6 is 42.4 Å². The third-order valence-electron chi connectivity index (χ3n) is 3.44. The predicted octanol–water partition coefficient (Wildman–Crippen LogP) is 2.77. The summed E-state index contributed by atoms with van der Waals surface area (Å²) < 4.78 is 14.8. The highest BCUT2D eigenvalue weighted by Gasteiger charge is 2.44. The molecule has 0 bridgehead atoms. The Morgan fingerprint density at radius 2 is 1.32 bits per heavy atom. The molecule has 0 aromatic carbocycles. The van der Waals surface area contributed by atoms with E-state index < -0.39 is 17.3 Å². The summed E-state index contributed by atoms with van der Waals surface area (Å²) in [5.41, 5.74) is 0. The van der Waals surface area contributed by atoms with Crippen molar-refractivity contribution < 1.29 is 9.36 Å². The molecule has 2 saturated heterocycles. The van der Waals surface area contributed by atoms with Crippen LogP contribution in [0.3, 0.4) is 0 Å². The number of nitrogens with one attached hydrogen (secondary N) is 1. The molecule has 19 heavy (non-hydrogen) atoms. The molecule has 0 unspecified atom stereocenters. The van der Waals surface area contributed by atoms with Crippen molar-refractivity contribution in [3.63, 3.8) is 0 Å². The molecule has 2 fully saturated rings. The zero-order valence-electron chi connectivity index (χ0n) is 10.4. The number of amides is 1. The number of rotatable bonds is 3. The van der Waals surface area contributed by atoms with Crippen LogP contribution in [0.1, 0.15) is 25.7 Å². The fourth-order valence-corrected chi connectivity index (χ4v) is 5.52. The molecule has 0 aromatic heterocycles. The number of carbonyl (C=O) groups is 1. The monoisotopic (exact) mass is 347 g/mol. The molecule has 0 aliphatic carbocycles. The van der Waals surface area contributed by atoms with E-state index in [0.29, 0.717) is 26.2 Å². The maximum absolute atomic E-state index is 13.2. The van der Waals surface area contributed by atoms with Crippen LogP contribution in [0, 0.1) is 0 Å². The van der Waals surface area contributed by atoms with Crippen LogP contribution in [0.4, 0.5) is 0 Å². The van der Waals surface area contributed by atoms with Gasteiger partial charge in [-0.25, -0.2) is 9.34 Å². The summed E-state index contributed by atoms with van der Waals surface area (Å²) >= 11 is 16.7. The number of hydrogen-bond donors (Lipinski definition) is 1. The van der Waals surface area contributed by atoms with Crippen LogP contribution in [0.25, 0.3) is 0 Å². The Morgan fingerprint density at radius 1 is 0.947 bits per heavy atom. The minimum absolute atomic E-state index is 0.702. The molecular weight excluding hydrogens is 331 g/mol. The summed E-state index contributed by atoms with van der Waals surface area (Å²) in [6.45, 7) is 2.81. The first-order chi connectivity index (χ1) is 8.84. The normalized spacial score (nSPS) is 22.9. The number of halogens is 3. The van der Waals surface area contributed by atoms with Crippen molar-refractivity contribution >= 4 is 48.3 Å². The minimum atomic E-state index is -3.15. The molecule has 1 amide bonds. The maximum atomic E-state index is 13.2. The Hall–Kier alpha value is 0.490. The molecule has 2 aliphatic heterocycles. The Labute approximate surface area is 128 Å². The van der Waals surface area contributed by atoms with Gasteiger partial charge in [0.2, 0.25) is 0 Å². The zero-order valence-corrected chi connectivity index (χ0v) is 13.6. The lowest BCUT2D eigenvalue weighted by atomic mass is 10.4. The van der Waals surface area contributed by atoms with Gasteiger partial charge >= 0.3 is 7.59 Å². The number of nitrogens with zero attached hydrogens (tertiary/aromatic N) is 2. The Balaban J connectivity index is 2.18. The van der Waals surface area contributed by atoms with Gasteiger partial charge in [-0.1, -0.05) is 34.8 Å². The van der Waals surface area contributed by atoms with Gasteiger partial charge in [-0.15, -0.1) is 0 Å². The third-order valence-corrected chi connectivity index (χ3v) is 6.78. The Bertz CT molecular complexity index is 370. The molecule has 0 saturated carbocycles. The number of alkyl halides is 3. The first-order valence-corrected chi connectivity index (χ1v) is 9.09. The minimum Gasteiger partial charge on any atom is -0.279 e. The van der Waals surface area contributed by atoms with E-state index in [1.54, 1.807) is 0 Å². The summed E-state index contributed by atoms with van der Waals surface area (Å²) in [6.07, 6.45) is 3.89. The molecule has 2 heterocycles. The quantitative estimate of drug-likeness (QED) is 0.629. The molecule has 0 atom stereocenters. The van der Waals surface area contributed by atoms with Crippen LogP contribution in [-0.4, -0.2) is 45.2 Å². The van der Waals surface area contributed by atoms with E-state index in [9.17, 15) is 9.36 Å². The van der Waals surface area contributed by atoms with E-state index in [1.165, 1.54) is 0 Å². The average Bonchev–Trinajstić information content (AvgIpc) is 3.01. The van der Waals surface area contributed by atoms with Gasteiger partial charge in [-0.05, 0) is 25.7 Å². The van der Waals surface area contributed by atoms with Gasteiger partial charge in [0.15, 0.2) is 0 Å². The van der Waals surface area contributed by atoms with E-state index in [2.05, 4.69) is 5.09 Å². The number of carbonyl (C=O) groups excluding carboxylic acids is 1. The Morgan fingerprint density at radius 3 is 1.63 bits per heavy atom. The number of hydrogen-bond acceptors (Lipinski definition) is 2. The van der Waals surface area contributed by atoms with E-state index in [4.69, 9.17) is 34.8 Å². The van der Waals surface area contributed by atoms with Crippen molar-refractivity contribution in [3.8, 4) is 0 Å². The molecule has 0 aromatic rings. The van der Waals surface area contributed by atoms with Gasteiger partial charge in [0.1, 0.15) is 0 Å². The van der Waals surface area contributed by atoms with Crippen molar-refractivity contribution in [2.24, 2.45) is 0 Å². The lowest BCUT2D eigenvalue weighted by Gasteiger charge is -2.35. The van der Waals surface area contributed by atoms with E-state index in [0.717, 1.165) is 25.7 Å². The molecule has 0 radical (unpaired) electrons. The summed E-state index contributed by atoms with van der Waals surface area (Å²) in [5, 5.41) is 2.49. The van der Waals surface area contributed by atoms with E-state index >= 15 is 0 Å². The molecule has 2 aliphatic rings. The van der Waals surface area contributed by atoms with Gasteiger partial charge in [0, 0.05) is 26.2 Å². The topological polar surface area (TPSA) is 52.7 Å². The van der Waals surface area contributed by atoms with Crippen molar-refractivity contribution in [1.29, 1.82) is 0 Å². The maximum Gasteiger partial charge on any atom is 0.310 e. The molecule has 5 nitrogen and oxygen atoms in total. The summed E-state index contributed by atoms with van der Waals surface area (Å²) in [6, 6.07) is 0. The molecular formula is C10H17Cl3N3O2P. The van der Waals surface area contributed by atoms with E-state index in [1.807, 2.05) is 9.34 Å². The van der Waals surface area contributed by atoms with Gasteiger partial charge in [0.05, 0.1) is 0 Å². The second-order valence-corrected chi connectivity index (χ2v) is 9.53. The van der Waals surface area contributed by atoms with Gasteiger partial charge < -0.3 is 0 Å². The molecule has 9 heteroatoms. The molecule has 2 rings (SSSR count). The highest BCUT2D eigenvalue weighted by atomic mass is 35.6. The van der Waals surface area contributed by atoms with E-state index in [-0.39, 0.29) is 0 Å². The lowest BCUT2D eigenvalue weighted by molar-refractivity contribution is -0.118. The first kappa shape index (κ1) is 15.9. The van der Waals surface area contributed by atoms with Crippen LogP contribution < -0.4 is 5.09 Å². The predicted molar refractivity (Wildman–Crippen MR) is 77.7 cm³/mol. The SMILES string of the molecule is O=C(NP(=O)(N1CCCC1)N1CCCC1)C(Cl)(Cl)Cl. The standard InChI is InChI=1S/C10H17Cl3N3O2P/c11-10(12,13)9(17)14-19(18,15-5-1-2-6-15)16-7-3-4-8-16/h1-8H2,(H,14,17,18). The first-order valence-electron chi connectivity index (χ1n) is 6.34. The summed E-state index contributed by atoms with van der Waals surface area (Å²) in [5.74, 6) is -0.820. The molecule has 110 valence electrons. The van der Waals surface area contributed by atoms with Gasteiger partial charge in [0.25, 0.3) is 9.70 Å². The summed E-state index contributed by atoms with van der Waals surface area (Å²) in [7, 11) is -3.15. The van der Waals surface area contributed by atoms with Crippen LogP contribution in [0.2, 0.25) is 0 Å². The second-order valence-electron chi connectivity index (χ2n) is 4.80. The fraction of sp³-hybridized carbons (Fsp3) is 0.900. The largest absolute Gasteiger partial charge is 0.310 e. The highest BCUT2D eigenvalue weighted by Crippen LogP contribution is 2.53. The molecule has 0 spiro atoms. The third kappa shape index (κ3) is 3.58. The second kappa shape index (κ2) is 6.08. The molecule has 1 N–H and O–H groups in total. The highest BCUT2D eigenvalue weighted by molar-refractivity contribution is 7.57. The van der Waals surface area contributed by atoms with Crippen LogP contribution in [-0.2, 0) is 9.36 Å². The fourth-order valence-electron chi connectivity index (χ4n) is 2.46. The van der Waals surface area contributed by atoms with Crippen molar-refractivity contribution in [3.05, 3.63) is 0 Å². The van der Waals surface area contributed by atoms with Crippen molar-refractivity contribution in [2.45, 2.75) is 29.5 Å². The van der Waals surface area contributed by atoms with Crippen LogP contribution in [0.15, 0.2) is 0 Å². The average molecular weight is 349 g/mol. The Kier molecular flexibility index (Phi) is 5.08.